The van der Waals surface area contributed by atoms with Crippen LogP contribution in [0.3, 0.4) is 0 Å². The SMILES string of the molecule is CO[C@H]1CCCCN1CCc1ccc(C[C@H](N)C(=O)Oc2nccc(OC3CCN(C(=O)OC(C)C)CC3)c2C)c(F)c1. The molecule has 10 nitrogen and oxygen atoms in total. The maximum absolute atomic E-state index is 15.0. The first-order valence-electron chi connectivity index (χ1n) is 15.2. The monoisotopic (exact) mass is 600 g/mol. The first kappa shape index (κ1) is 32.6. The van der Waals surface area contributed by atoms with E-state index >= 15 is 0 Å². The van der Waals surface area contributed by atoms with E-state index in [-0.39, 0.29) is 36.8 Å². The van der Waals surface area contributed by atoms with Crippen molar-refractivity contribution in [2.24, 2.45) is 5.73 Å². The van der Waals surface area contributed by atoms with Gasteiger partial charge in [-0.05, 0) is 69.7 Å². The van der Waals surface area contributed by atoms with Crippen LogP contribution in [-0.2, 0) is 27.1 Å². The zero-order valence-corrected chi connectivity index (χ0v) is 25.7. The normalized spacial score (nSPS) is 18.9. The summed E-state index contributed by atoms with van der Waals surface area (Å²) in [4.78, 5) is 33.2. The van der Waals surface area contributed by atoms with E-state index in [2.05, 4.69) is 9.88 Å². The van der Waals surface area contributed by atoms with Crippen molar-refractivity contribution >= 4 is 12.1 Å². The highest BCUT2D eigenvalue weighted by molar-refractivity contribution is 5.78. The third kappa shape index (κ3) is 9.11. The van der Waals surface area contributed by atoms with Gasteiger partial charge in [0.05, 0.1) is 11.7 Å². The Labute approximate surface area is 253 Å². The predicted molar refractivity (Wildman–Crippen MR) is 159 cm³/mol. The van der Waals surface area contributed by atoms with E-state index in [0.29, 0.717) is 49.2 Å². The summed E-state index contributed by atoms with van der Waals surface area (Å²) in [6.07, 6.45) is 6.34. The van der Waals surface area contributed by atoms with Crippen LogP contribution in [0.25, 0.3) is 0 Å². The summed E-state index contributed by atoms with van der Waals surface area (Å²) in [5, 5.41) is 0. The lowest BCUT2D eigenvalue weighted by Crippen LogP contribution is -2.42. The number of hydrogen-bond acceptors (Lipinski definition) is 9. The van der Waals surface area contributed by atoms with Gasteiger partial charge in [0, 0.05) is 58.7 Å². The molecule has 1 amide bonds. The van der Waals surface area contributed by atoms with Crippen molar-refractivity contribution in [2.45, 2.75) is 90.2 Å². The summed E-state index contributed by atoms with van der Waals surface area (Å²) in [7, 11) is 1.73. The highest BCUT2D eigenvalue weighted by atomic mass is 19.1. The molecule has 2 saturated heterocycles. The number of amides is 1. The first-order valence-corrected chi connectivity index (χ1v) is 15.2. The molecule has 2 aliphatic rings. The Balaban J connectivity index is 1.28. The van der Waals surface area contributed by atoms with Crippen molar-refractivity contribution in [1.82, 2.24) is 14.8 Å². The number of carbonyl (C=O) groups excluding carboxylic acids is 2. The van der Waals surface area contributed by atoms with E-state index in [9.17, 15) is 14.0 Å². The molecule has 4 rings (SSSR count). The van der Waals surface area contributed by atoms with Gasteiger partial charge in [0.25, 0.3) is 0 Å². The number of carbonyl (C=O) groups is 2. The molecule has 0 saturated carbocycles. The van der Waals surface area contributed by atoms with Crippen molar-refractivity contribution in [2.75, 3.05) is 33.3 Å². The Hall–Kier alpha value is -3.28. The highest BCUT2D eigenvalue weighted by Crippen LogP contribution is 2.28. The van der Waals surface area contributed by atoms with Crippen LogP contribution in [-0.4, -0.2) is 84.6 Å². The number of halogens is 1. The van der Waals surface area contributed by atoms with E-state index in [4.69, 9.17) is 24.7 Å². The van der Waals surface area contributed by atoms with Gasteiger partial charge in [0.15, 0.2) is 0 Å². The number of rotatable bonds is 11. The van der Waals surface area contributed by atoms with Crippen LogP contribution in [0.15, 0.2) is 30.5 Å². The molecule has 3 heterocycles. The molecule has 0 bridgehead atoms. The van der Waals surface area contributed by atoms with E-state index in [1.807, 2.05) is 19.9 Å². The van der Waals surface area contributed by atoms with E-state index < -0.39 is 17.8 Å². The molecule has 2 N–H and O–H groups in total. The second-order valence-electron chi connectivity index (χ2n) is 11.6. The Kier molecular flexibility index (Phi) is 11.7. The number of hydrogen-bond donors (Lipinski definition) is 1. The van der Waals surface area contributed by atoms with Crippen molar-refractivity contribution in [3.8, 4) is 11.6 Å². The molecule has 2 fully saturated rings. The van der Waals surface area contributed by atoms with Gasteiger partial charge in [-0.2, -0.15) is 0 Å². The van der Waals surface area contributed by atoms with Crippen LogP contribution < -0.4 is 15.2 Å². The molecule has 0 unspecified atom stereocenters. The van der Waals surface area contributed by atoms with Crippen LogP contribution in [0.5, 0.6) is 11.6 Å². The molecule has 236 valence electrons. The standard InChI is InChI=1S/C32H45FN4O6/c1-21(2)41-32(39)37-17-12-25(13-18-37)42-28-10-14-35-30(22(28)3)43-31(38)27(34)20-24-9-8-23(19-26(24)33)11-16-36-15-6-5-7-29(36)40-4/h8-10,14,19,21,25,27,29H,5-7,11-13,15-18,20,34H2,1-4H3/t27-,29-/m0/s1. The quantitative estimate of drug-likeness (QED) is 0.375. The average molecular weight is 601 g/mol. The van der Waals surface area contributed by atoms with Crippen LogP contribution >= 0.6 is 0 Å². The van der Waals surface area contributed by atoms with E-state index in [1.54, 1.807) is 31.1 Å². The third-order valence-electron chi connectivity index (χ3n) is 8.01. The first-order chi connectivity index (χ1) is 20.6. The minimum atomic E-state index is -1.07. The molecular formula is C32H45FN4O6. The van der Waals surface area contributed by atoms with E-state index in [0.717, 1.165) is 37.9 Å². The summed E-state index contributed by atoms with van der Waals surface area (Å²) in [5.74, 6) is -0.462. The molecule has 2 aromatic rings. The highest BCUT2D eigenvalue weighted by Gasteiger charge is 2.27. The van der Waals surface area contributed by atoms with Gasteiger partial charge < -0.3 is 29.6 Å². The lowest BCUT2D eigenvalue weighted by atomic mass is 10.0. The van der Waals surface area contributed by atoms with Crippen LogP contribution in [0, 0.1) is 12.7 Å². The fourth-order valence-corrected chi connectivity index (χ4v) is 5.50. The predicted octanol–water partition coefficient (Wildman–Crippen LogP) is 4.39. The van der Waals surface area contributed by atoms with Gasteiger partial charge in [0.2, 0.25) is 5.88 Å². The van der Waals surface area contributed by atoms with Crippen molar-refractivity contribution in [3.63, 3.8) is 0 Å². The molecule has 2 aliphatic heterocycles. The number of methoxy groups -OCH3 is 1. The minimum absolute atomic E-state index is 0.00409. The number of nitrogens with zero attached hydrogens (tertiary/aromatic N) is 3. The van der Waals surface area contributed by atoms with Crippen molar-refractivity contribution in [1.29, 1.82) is 0 Å². The smallest absolute Gasteiger partial charge is 0.410 e. The number of piperidine rings is 2. The van der Waals surface area contributed by atoms with Crippen LogP contribution in [0.4, 0.5) is 9.18 Å². The van der Waals surface area contributed by atoms with Gasteiger partial charge >= 0.3 is 12.1 Å². The van der Waals surface area contributed by atoms with Crippen molar-refractivity contribution < 1.29 is 32.9 Å². The number of nitrogens with two attached hydrogens (primary N) is 1. The van der Waals surface area contributed by atoms with Gasteiger partial charge in [-0.1, -0.05) is 12.1 Å². The largest absolute Gasteiger partial charge is 0.490 e. The van der Waals surface area contributed by atoms with Crippen LogP contribution in [0.2, 0.25) is 0 Å². The molecule has 0 aliphatic carbocycles. The Morgan fingerprint density at radius 2 is 1.88 bits per heavy atom. The molecule has 1 aromatic heterocycles. The van der Waals surface area contributed by atoms with Gasteiger partial charge in [0.1, 0.15) is 29.9 Å². The number of esters is 1. The summed E-state index contributed by atoms with van der Waals surface area (Å²) in [5.41, 5.74) is 7.93. The number of pyridine rings is 1. The van der Waals surface area contributed by atoms with E-state index in [1.165, 1.54) is 12.3 Å². The molecule has 43 heavy (non-hydrogen) atoms. The molecule has 0 spiro atoms. The summed E-state index contributed by atoms with van der Waals surface area (Å²) >= 11 is 0. The molecule has 2 atom stereocenters. The number of benzene rings is 1. The second-order valence-corrected chi connectivity index (χ2v) is 11.6. The molecular weight excluding hydrogens is 555 g/mol. The van der Waals surface area contributed by atoms with Gasteiger partial charge in [-0.25, -0.2) is 19.0 Å². The fraction of sp³-hybridized carbons (Fsp3) is 0.594. The summed E-state index contributed by atoms with van der Waals surface area (Å²) in [6, 6.07) is 5.73. The molecule has 1 aromatic carbocycles. The average Bonchev–Trinajstić information content (AvgIpc) is 2.99. The maximum Gasteiger partial charge on any atom is 0.410 e. The second kappa shape index (κ2) is 15.4. The molecule has 0 radical (unpaired) electrons. The fourth-order valence-electron chi connectivity index (χ4n) is 5.50. The van der Waals surface area contributed by atoms with Gasteiger partial charge in [-0.15, -0.1) is 0 Å². The minimum Gasteiger partial charge on any atom is -0.490 e. The Bertz CT molecular complexity index is 1240. The topological polar surface area (TPSA) is 116 Å². The van der Waals surface area contributed by atoms with Gasteiger partial charge in [-0.3, -0.25) is 4.90 Å². The molecule has 11 heteroatoms. The number of aromatic nitrogens is 1. The number of ether oxygens (including phenoxy) is 4. The summed E-state index contributed by atoms with van der Waals surface area (Å²) in [6.45, 7) is 8.23. The summed E-state index contributed by atoms with van der Waals surface area (Å²) < 4.78 is 37.5. The Morgan fingerprint density at radius 1 is 1.12 bits per heavy atom. The maximum atomic E-state index is 15.0. The zero-order valence-electron chi connectivity index (χ0n) is 25.7. The Morgan fingerprint density at radius 3 is 2.58 bits per heavy atom. The third-order valence-corrected chi connectivity index (χ3v) is 8.01. The lowest BCUT2D eigenvalue weighted by Gasteiger charge is -2.34. The lowest BCUT2D eigenvalue weighted by molar-refractivity contribution is -0.136. The van der Waals surface area contributed by atoms with Crippen molar-refractivity contribution in [3.05, 3.63) is 53.0 Å². The van der Waals surface area contributed by atoms with Crippen LogP contribution in [0.1, 0.15) is 62.6 Å². The zero-order chi connectivity index (χ0) is 30.9. The number of likely N-dealkylation sites (tertiary alicyclic amines) is 2.